The van der Waals surface area contributed by atoms with E-state index in [0.29, 0.717) is 6.42 Å². The zero-order chi connectivity index (χ0) is 14.9. The lowest BCUT2D eigenvalue weighted by atomic mass is 10.1. The Kier molecular flexibility index (Phi) is 4.39. The number of benzene rings is 1. The molecular formula is C14H18ClNO3S. The first-order chi connectivity index (χ1) is 9.34. The summed E-state index contributed by atoms with van der Waals surface area (Å²) in [6.07, 6.45) is 0.471. The fourth-order valence-corrected chi connectivity index (χ4v) is 4.48. The first-order valence-electron chi connectivity index (χ1n) is 6.50. The van der Waals surface area contributed by atoms with Gasteiger partial charge in [-0.25, -0.2) is 8.42 Å². The van der Waals surface area contributed by atoms with Gasteiger partial charge in [-0.1, -0.05) is 17.7 Å². The van der Waals surface area contributed by atoms with Gasteiger partial charge < -0.3 is 4.90 Å². The van der Waals surface area contributed by atoms with E-state index in [-0.39, 0.29) is 29.3 Å². The molecule has 1 atom stereocenters. The molecule has 1 aromatic rings. The topological polar surface area (TPSA) is 54.5 Å². The number of alkyl halides is 1. The minimum absolute atomic E-state index is 0.0168. The highest BCUT2D eigenvalue weighted by molar-refractivity contribution is 7.91. The molecule has 1 aliphatic rings. The van der Waals surface area contributed by atoms with Crippen LogP contribution < -0.4 is 4.90 Å². The van der Waals surface area contributed by atoms with Gasteiger partial charge in [-0.15, -0.1) is 11.6 Å². The molecule has 110 valence electrons. The summed E-state index contributed by atoms with van der Waals surface area (Å²) in [7, 11) is -3.05. The minimum atomic E-state index is -3.05. The summed E-state index contributed by atoms with van der Waals surface area (Å²) in [5.41, 5.74) is 2.81. The molecule has 2 rings (SSSR count). The molecule has 0 spiro atoms. The molecule has 0 radical (unpaired) electrons. The van der Waals surface area contributed by atoms with E-state index in [9.17, 15) is 13.2 Å². The molecule has 1 saturated heterocycles. The molecule has 20 heavy (non-hydrogen) atoms. The molecule has 0 aliphatic carbocycles. The van der Waals surface area contributed by atoms with Crippen molar-refractivity contribution in [3.05, 3.63) is 29.3 Å². The lowest BCUT2D eigenvalue weighted by Gasteiger charge is -2.29. The molecule has 1 amide bonds. The van der Waals surface area contributed by atoms with E-state index in [0.717, 1.165) is 16.8 Å². The van der Waals surface area contributed by atoms with Crippen LogP contribution in [0.15, 0.2) is 18.2 Å². The maximum Gasteiger partial charge on any atom is 0.242 e. The number of sulfone groups is 1. The second kappa shape index (κ2) is 5.74. The average Bonchev–Trinajstić information content (AvgIpc) is 2.72. The Morgan fingerprint density at radius 3 is 2.60 bits per heavy atom. The highest BCUT2D eigenvalue weighted by Crippen LogP contribution is 2.28. The van der Waals surface area contributed by atoms with Crippen LogP contribution in [0.3, 0.4) is 0 Å². The molecule has 0 saturated carbocycles. The quantitative estimate of drug-likeness (QED) is 0.802. The summed E-state index contributed by atoms with van der Waals surface area (Å²) in [6.45, 7) is 3.89. The second-order valence-corrected chi connectivity index (χ2v) is 7.74. The first-order valence-corrected chi connectivity index (χ1v) is 8.85. The van der Waals surface area contributed by atoms with Gasteiger partial charge >= 0.3 is 0 Å². The Morgan fingerprint density at radius 1 is 1.40 bits per heavy atom. The summed E-state index contributed by atoms with van der Waals surface area (Å²) < 4.78 is 23.3. The van der Waals surface area contributed by atoms with E-state index in [1.165, 1.54) is 0 Å². The molecule has 1 aliphatic heterocycles. The van der Waals surface area contributed by atoms with Gasteiger partial charge in [0.2, 0.25) is 5.91 Å². The number of anilines is 1. The number of nitrogens with zero attached hydrogens (tertiary/aromatic N) is 1. The van der Waals surface area contributed by atoms with Crippen LogP contribution in [0, 0.1) is 13.8 Å². The van der Waals surface area contributed by atoms with Crippen molar-refractivity contribution < 1.29 is 13.2 Å². The molecule has 0 unspecified atom stereocenters. The molecular weight excluding hydrogens is 298 g/mol. The third-order valence-corrected chi connectivity index (χ3v) is 5.55. The number of hydrogen-bond acceptors (Lipinski definition) is 3. The van der Waals surface area contributed by atoms with E-state index >= 15 is 0 Å². The van der Waals surface area contributed by atoms with Crippen molar-refractivity contribution >= 4 is 33.0 Å². The van der Waals surface area contributed by atoms with Crippen LogP contribution in [0.2, 0.25) is 0 Å². The Bertz CT molecular complexity index is 627. The highest BCUT2D eigenvalue weighted by Gasteiger charge is 2.35. The van der Waals surface area contributed by atoms with Gasteiger partial charge in [0.05, 0.1) is 17.5 Å². The SMILES string of the molecule is Cc1ccc(N(C(=O)CCl)[C@@H]2CCS(=O)(=O)C2)c(C)c1. The standard InChI is InChI=1S/C14H18ClNO3S/c1-10-3-4-13(11(2)7-10)16(14(17)8-15)12-5-6-20(18,19)9-12/h3-4,7,12H,5-6,8-9H2,1-2H3/t12-/m1/s1. The summed E-state index contributed by atoms with van der Waals surface area (Å²) in [6, 6.07) is 5.45. The van der Waals surface area contributed by atoms with Crippen molar-refractivity contribution in [2.75, 3.05) is 22.3 Å². The first kappa shape index (κ1) is 15.3. The van der Waals surface area contributed by atoms with E-state index in [1.54, 1.807) is 4.90 Å². The van der Waals surface area contributed by atoms with Gasteiger partial charge in [0.15, 0.2) is 9.84 Å². The number of carbonyl (C=O) groups excluding carboxylic acids is 1. The van der Waals surface area contributed by atoms with Crippen molar-refractivity contribution in [2.45, 2.75) is 26.3 Å². The van der Waals surface area contributed by atoms with E-state index in [2.05, 4.69) is 0 Å². The fraction of sp³-hybridized carbons (Fsp3) is 0.500. The van der Waals surface area contributed by atoms with Crippen LogP contribution in [0.1, 0.15) is 17.5 Å². The largest absolute Gasteiger partial charge is 0.307 e. The van der Waals surface area contributed by atoms with Crippen LogP contribution in [0.4, 0.5) is 5.69 Å². The summed E-state index contributed by atoms with van der Waals surface area (Å²) in [5.74, 6) is -0.248. The Balaban J connectivity index is 2.40. The Labute approximate surface area is 124 Å². The number of rotatable bonds is 3. The molecule has 0 aromatic heterocycles. The molecule has 0 bridgehead atoms. The van der Waals surface area contributed by atoms with Crippen LogP contribution in [0.25, 0.3) is 0 Å². The summed E-state index contributed by atoms with van der Waals surface area (Å²) >= 11 is 5.69. The Hall–Kier alpha value is -1.07. The van der Waals surface area contributed by atoms with Crippen LogP contribution >= 0.6 is 11.6 Å². The van der Waals surface area contributed by atoms with Crippen molar-refractivity contribution in [1.82, 2.24) is 0 Å². The zero-order valence-corrected chi connectivity index (χ0v) is 13.2. The van der Waals surface area contributed by atoms with Crippen molar-refractivity contribution in [3.63, 3.8) is 0 Å². The highest BCUT2D eigenvalue weighted by atomic mass is 35.5. The smallest absolute Gasteiger partial charge is 0.242 e. The van der Waals surface area contributed by atoms with E-state index < -0.39 is 9.84 Å². The number of amides is 1. The van der Waals surface area contributed by atoms with Gasteiger partial charge in [-0.05, 0) is 31.9 Å². The summed E-state index contributed by atoms with van der Waals surface area (Å²) in [5, 5.41) is 0. The molecule has 0 N–H and O–H groups in total. The number of hydrogen-bond donors (Lipinski definition) is 0. The monoisotopic (exact) mass is 315 g/mol. The maximum absolute atomic E-state index is 12.1. The second-order valence-electron chi connectivity index (χ2n) is 5.24. The average molecular weight is 316 g/mol. The number of halogens is 1. The third kappa shape index (κ3) is 3.15. The van der Waals surface area contributed by atoms with E-state index in [4.69, 9.17) is 11.6 Å². The van der Waals surface area contributed by atoms with Gasteiger partial charge in [-0.2, -0.15) is 0 Å². The van der Waals surface area contributed by atoms with Crippen LogP contribution in [-0.2, 0) is 14.6 Å². The third-order valence-electron chi connectivity index (χ3n) is 3.57. The molecule has 6 heteroatoms. The van der Waals surface area contributed by atoms with E-state index in [1.807, 2.05) is 32.0 Å². The Morgan fingerprint density at radius 2 is 2.10 bits per heavy atom. The fourth-order valence-electron chi connectivity index (χ4n) is 2.65. The van der Waals surface area contributed by atoms with Gasteiger partial charge in [0, 0.05) is 5.69 Å². The van der Waals surface area contributed by atoms with Crippen LogP contribution in [-0.4, -0.2) is 37.8 Å². The summed E-state index contributed by atoms with van der Waals surface area (Å²) in [4.78, 5) is 13.7. The maximum atomic E-state index is 12.1. The lowest BCUT2D eigenvalue weighted by molar-refractivity contribution is -0.116. The van der Waals surface area contributed by atoms with Crippen LogP contribution in [0.5, 0.6) is 0 Å². The van der Waals surface area contributed by atoms with Gasteiger partial charge in [-0.3, -0.25) is 4.79 Å². The number of carbonyl (C=O) groups is 1. The number of aryl methyl sites for hydroxylation is 2. The minimum Gasteiger partial charge on any atom is -0.307 e. The normalized spacial score (nSPS) is 20.9. The van der Waals surface area contributed by atoms with Crippen molar-refractivity contribution in [3.8, 4) is 0 Å². The zero-order valence-electron chi connectivity index (χ0n) is 11.6. The molecule has 4 nitrogen and oxygen atoms in total. The van der Waals surface area contributed by atoms with Gasteiger partial charge in [0.25, 0.3) is 0 Å². The lowest BCUT2D eigenvalue weighted by Crippen LogP contribution is -2.42. The predicted molar refractivity (Wildman–Crippen MR) is 81.2 cm³/mol. The molecule has 1 heterocycles. The van der Waals surface area contributed by atoms with Crippen molar-refractivity contribution in [2.24, 2.45) is 0 Å². The van der Waals surface area contributed by atoms with Crippen molar-refractivity contribution in [1.29, 1.82) is 0 Å². The molecule has 1 fully saturated rings. The predicted octanol–water partition coefficient (Wildman–Crippen LogP) is 2.06. The molecule has 1 aromatic carbocycles. The van der Waals surface area contributed by atoms with Gasteiger partial charge in [0.1, 0.15) is 5.88 Å².